The van der Waals surface area contributed by atoms with Crippen molar-refractivity contribution < 1.29 is 13.2 Å². The molecular weight excluding hydrogens is 290 g/mol. The van der Waals surface area contributed by atoms with Crippen LogP contribution in [0, 0.1) is 5.92 Å². The van der Waals surface area contributed by atoms with Gasteiger partial charge >= 0.3 is 0 Å². The smallest absolute Gasteiger partial charge is 0.262 e. The highest BCUT2D eigenvalue weighted by Crippen LogP contribution is 2.22. The number of sulfonamides is 1. The van der Waals surface area contributed by atoms with Crippen molar-refractivity contribution in [1.82, 2.24) is 9.29 Å². The molecule has 21 heavy (non-hydrogen) atoms. The minimum absolute atomic E-state index is 0.0728. The highest BCUT2D eigenvalue weighted by molar-refractivity contribution is 7.89. The lowest BCUT2D eigenvalue weighted by molar-refractivity contribution is 0.175. The zero-order chi connectivity index (χ0) is 15.9. The summed E-state index contributed by atoms with van der Waals surface area (Å²) in [4.78, 5) is 4.07. The van der Waals surface area contributed by atoms with E-state index in [1.165, 1.54) is 10.5 Å². The number of nitrogens with one attached hydrogen (secondary N) is 1. The van der Waals surface area contributed by atoms with Crippen molar-refractivity contribution in [1.29, 1.82) is 0 Å². The number of pyridine rings is 1. The second-order valence-electron chi connectivity index (χ2n) is 5.14. The lowest BCUT2D eigenvalue weighted by Gasteiger charge is -2.24. The minimum atomic E-state index is -3.64. The van der Waals surface area contributed by atoms with Gasteiger partial charge in [-0.25, -0.2) is 13.4 Å². The van der Waals surface area contributed by atoms with E-state index in [-0.39, 0.29) is 10.9 Å². The summed E-state index contributed by atoms with van der Waals surface area (Å²) in [6.07, 6.45) is 1.50. The first-order valence-electron chi connectivity index (χ1n) is 7.11. The summed E-state index contributed by atoms with van der Waals surface area (Å²) in [6.45, 7) is 7.64. The Bertz CT molecular complexity index is 532. The van der Waals surface area contributed by atoms with E-state index in [0.29, 0.717) is 31.9 Å². The maximum Gasteiger partial charge on any atom is 0.262 e. The van der Waals surface area contributed by atoms with Crippen LogP contribution in [0.1, 0.15) is 20.8 Å². The first-order chi connectivity index (χ1) is 9.93. The molecule has 0 aliphatic carbocycles. The molecule has 1 rings (SSSR count). The summed E-state index contributed by atoms with van der Waals surface area (Å²) in [5, 5.41) is 3.12. The molecule has 7 heteroatoms. The van der Waals surface area contributed by atoms with E-state index < -0.39 is 10.0 Å². The van der Waals surface area contributed by atoms with Gasteiger partial charge in [-0.05, 0) is 25.0 Å². The van der Waals surface area contributed by atoms with E-state index in [9.17, 15) is 8.42 Å². The first kappa shape index (κ1) is 17.9. The number of rotatable bonds is 9. The number of hydrogen-bond acceptors (Lipinski definition) is 5. The number of nitrogens with zero attached hydrogens (tertiary/aromatic N) is 2. The zero-order valence-corrected chi connectivity index (χ0v) is 14.0. The minimum Gasteiger partial charge on any atom is -0.383 e. The Hall–Kier alpha value is -1.18. The Morgan fingerprint density at radius 3 is 2.71 bits per heavy atom. The topological polar surface area (TPSA) is 71.5 Å². The van der Waals surface area contributed by atoms with Crippen molar-refractivity contribution >= 4 is 15.7 Å². The van der Waals surface area contributed by atoms with Crippen molar-refractivity contribution in [3.63, 3.8) is 0 Å². The Morgan fingerprint density at radius 2 is 2.14 bits per heavy atom. The van der Waals surface area contributed by atoms with Crippen molar-refractivity contribution in [2.24, 2.45) is 5.92 Å². The number of hydrogen-bond donors (Lipinski definition) is 1. The maximum absolute atomic E-state index is 12.8. The molecule has 0 unspecified atom stereocenters. The fourth-order valence-corrected chi connectivity index (χ4v) is 3.62. The molecule has 1 heterocycles. The van der Waals surface area contributed by atoms with Crippen LogP contribution in [0.25, 0.3) is 0 Å². The van der Waals surface area contributed by atoms with Gasteiger partial charge in [0.15, 0.2) is 5.03 Å². The summed E-state index contributed by atoms with van der Waals surface area (Å²) in [7, 11) is -2.08. The number of methoxy groups -OCH3 is 1. The standard InChI is InChI=1S/C14H25N3O3S/c1-5-15-13-7-6-8-16-14(13)21(18,19)17(9-10-20-4)11-12(2)3/h6-8,12,15H,5,9-11H2,1-4H3. The Labute approximate surface area is 127 Å². The fraction of sp³-hybridized carbons (Fsp3) is 0.643. The third-order valence-corrected chi connectivity index (χ3v) is 4.66. The van der Waals surface area contributed by atoms with Crippen LogP contribution in [0.3, 0.4) is 0 Å². The summed E-state index contributed by atoms with van der Waals surface area (Å²) in [5.41, 5.74) is 0.533. The van der Waals surface area contributed by atoms with Gasteiger partial charge in [-0.1, -0.05) is 13.8 Å². The Balaban J connectivity index is 3.15. The molecule has 1 aromatic heterocycles. The predicted octanol–water partition coefficient (Wildman–Crippen LogP) is 1.81. The molecule has 0 saturated carbocycles. The fourth-order valence-electron chi connectivity index (χ4n) is 1.95. The third-order valence-electron chi connectivity index (χ3n) is 2.84. The summed E-state index contributed by atoms with van der Waals surface area (Å²) in [5.74, 6) is 0.225. The van der Waals surface area contributed by atoms with E-state index in [2.05, 4.69) is 10.3 Å². The van der Waals surface area contributed by atoms with E-state index in [4.69, 9.17) is 4.74 Å². The number of ether oxygens (including phenoxy) is 1. The van der Waals surface area contributed by atoms with Crippen molar-refractivity contribution in [2.75, 3.05) is 38.7 Å². The van der Waals surface area contributed by atoms with Crippen LogP contribution < -0.4 is 5.32 Å². The molecule has 0 aliphatic heterocycles. The van der Waals surface area contributed by atoms with Crippen LogP contribution in [0.4, 0.5) is 5.69 Å². The monoisotopic (exact) mass is 315 g/mol. The second kappa shape index (κ2) is 8.31. The average Bonchev–Trinajstić information content (AvgIpc) is 2.43. The molecule has 0 spiro atoms. The predicted molar refractivity (Wildman–Crippen MR) is 83.9 cm³/mol. The van der Waals surface area contributed by atoms with Gasteiger partial charge in [-0.3, -0.25) is 0 Å². The van der Waals surface area contributed by atoms with Gasteiger partial charge in [-0.15, -0.1) is 0 Å². The van der Waals surface area contributed by atoms with Gasteiger partial charge in [0.1, 0.15) is 0 Å². The van der Waals surface area contributed by atoms with Crippen LogP contribution in [0.15, 0.2) is 23.4 Å². The molecule has 0 fully saturated rings. The second-order valence-corrected chi connectivity index (χ2v) is 6.99. The summed E-state index contributed by atoms with van der Waals surface area (Å²) < 4.78 is 32.1. The van der Waals surface area contributed by atoms with Crippen LogP contribution in [0.2, 0.25) is 0 Å². The zero-order valence-electron chi connectivity index (χ0n) is 13.2. The molecule has 0 bridgehead atoms. The normalized spacial score (nSPS) is 12.1. The summed E-state index contributed by atoms with van der Waals surface area (Å²) >= 11 is 0. The van der Waals surface area contributed by atoms with Crippen molar-refractivity contribution in [3.8, 4) is 0 Å². The molecule has 120 valence electrons. The maximum atomic E-state index is 12.8. The molecule has 0 amide bonds. The van der Waals surface area contributed by atoms with Gasteiger partial charge in [0.2, 0.25) is 0 Å². The van der Waals surface area contributed by atoms with Crippen LogP contribution in [-0.2, 0) is 14.8 Å². The molecule has 0 aliphatic rings. The van der Waals surface area contributed by atoms with Crippen LogP contribution in [-0.4, -0.2) is 51.1 Å². The Kier molecular flexibility index (Phi) is 7.07. The Morgan fingerprint density at radius 1 is 1.43 bits per heavy atom. The SMILES string of the molecule is CCNc1cccnc1S(=O)(=O)N(CCOC)CC(C)C. The van der Waals surface area contributed by atoms with Gasteiger partial charge in [0, 0.05) is 32.9 Å². The molecule has 0 atom stereocenters. The molecule has 1 N–H and O–H groups in total. The van der Waals surface area contributed by atoms with Gasteiger partial charge < -0.3 is 10.1 Å². The largest absolute Gasteiger partial charge is 0.383 e. The van der Waals surface area contributed by atoms with Gasteiger partial charge in [-0.2, -0.15) is 4.31 Å². The van der Waals surface area contributed by atoms with Gasteiger partial charge in [0.05, 0.1) is 12.3 Å². The van der Waals surface area contributed by atoms with E-state index in [0.717, 1.165) is 0 Å². The van der Waals surface area contributed by atoms with E-state index in [1.54, 1.807) is 19.2 Å². The lowest BCUT2D eigenvalue weighted by atomic mass is 10.2. The molecule has 0 saturated heterocycles. The highest BCUT2D eigenvalue weighted by Gasteiger charge is 2.28. The molecule has 0 aromatic carbocycles. The molecule has 1 aromatic rings. The lowest BCUT2D eigenvalue weighted by Crippen LogP contribution is -2.37. The average molecular weight is 315 g/mol. The third kappa shape index (κ3) is 4.94. The highest BCUT2D eigenvalue weighted by atomic mass is 32.2. The van der Waals surface area contributed by atoms with E-state index in [1.807, 2.05) is 20.8 Å². The summed E-state index contributed by atoms with van der Waals surface area (Å²) in [6, 6.07) is 3.45. The number of anilines is 1. The van der Waals surface area contributed by atoms with Gasteiger partial charge in [0.25, 0.3) is 10.0 Å². The van der Waals surface area contributed by atoms with Crippen molar-refractivity contribution in [3.05, 3.63) is 18.3 Å². The molecule has 0 radical (unpaired) electrons. The molecular formula is C14H25N3O3S. The van der Waals surface area contributed by atoms with Crippen molar-refractivity contribution in [2.45, 2.75) is 25.8 Å². The van der Waals surface area contributed by atoms with Crippen LogP contribution >= 0.6 is 0 Å². The number of aromatic nitrogens is 1. The van der Waals surface area contributed by atoms with Crippen LogP contribution in [0.5, 0.6) is 0 Å². The quantitative estimate of drug-likeness (QED) is 0.752. The first-order valence-corrected chi connectivity index (χ1v) is 8.55. The van der Waals surface area contributed by atoms with E-state index >= 15 is 0 Å². The molecule has 6 nitrogen and oxygen atoms in total.